The molecule has 1 aliphatic rings. The first-order chi connectivity index (χ1) is 13.8. The Hall–Kier alpha value is -2.76. The van der Waals surface area contributed by atoms with Crippen LogP contribution in [0.3, 0.4) is 0 Å². The number of hydrogen-bond acceptors (Lipinski definition) is 5. The molecule has 4 N–H and O–H groups in total. The number of nitrogens with two attached hydrogens (primary N) is 1. The van der Waals surface area contributed by atoms with Gasteiger partial charge in [0, 0.05) is 5.56 Å². The lowest BCUT2D eigenvalue weighted by atomic mass is 9.82. The molecule has 146 valence electrons. The van der Waals surface area contributed by atoms with Gasteiger partial charge < -0.3 is 15.6 Å². The zero-order chi connectivity index (χ0) is 20.9. The van der Waals surface area contributed by atoms with Gasteiger partial charge in [0.15, 0.2) is 0 Å². The predicted molar refractivity (Wildman–Crippen MR) is 116 cm³/mol. The molecule has 2 heterocycles. The third kappa shape index (κ3) is 3.20. The topological polar surface area (TPSA) is 108 Å². The number of fused-ring (bicyclic) bond motifs is 1. The summed E-state index contributed by atoms with van der Waals surface area (Å²) >= 11 is 6.74. The number of ether oxygens (including phenoxy) is 1. The number of phenols is 1. The molecule has 0 bridgehead atoms. The van der Waals surface area contributed by atoms with E-state index in [0.717, 1.165) is 33.5 Å². The van der Waals surface area contributed by atoms with E-state index >= 15 is 0 Å². The van der Waals surface area contributed by atoms with Crippen molar-refractivity contribution in [2.75, 3.05) is 0 Å². The van der Waals surface area contributed by atoms with Gasteiger partial charge in [-0.05, 0) is 69.0 Å². The number of H-pyrrole nitrogens is 1. The minimum atomic E-state index is -0.508. The van der Waals surface area contributed by atoms with Crippen molar-refractivity contribution in [3.63, 3.8) is 0 Å². The fourth-order valence-electron chi connectivity index (χ4n) is 3.63. The number of nitrogens with one attached hydrogen (secondary N) is 1. The van der Waals surface area contributed by atoms with Gasteiger partial charge in [0.2, 0.25) is 11.8 Å². The number of allylic oxidation sites excluding steroid dienone is 1. The molecule has 4 rings (SSSR count). The van der Waals surface area contributed by atoms with Gasteiger partial charge in [-0.25, -0.2) is 0 Å². The Balaban J connectivity index is 2.00. The number of aryl methyl sites for hydroxylation is 2. The van der Waals surface area contributed by atoms with Gasteiger partial charge in [0.25, 0.3) is 0 Å². The molecule has 0 saturated heterocycles. The van der Waals surface area contributed by atoms with E-state index in [-0.39, 0.29) is 17.2 Å². The van der Waals surface area contributed by atoms with Crippen LogP contribution in [0.4, 0.5) is 0 Å². The summed E-state index contributed by atoms with van der Waals surface area (Å²) in [6, 6.07) is 11.9. The molecule has 0 aliphatic carbocycles. The van der Waals surface area contributed by atoms with Crippen LogP contribution in [-0.2, 0) is 0 Å². The zero-order valence-electron chi connectivity index (χ0n) is 15.5. The van der Waals surface area contributed by atoms with E-state index in [1.807, 2.05) is 26.0 Å². The molecule has 2 aromatic carbocycles. The molecule has 0 spiro atoms. The fourth-order valence-corrected chi connectivity index (χ4v) is 4.85. The van der Waals surface area contributed by atoms with Gasteiger partial charge in [-0.1, -0.05) is 23.8 Å². The first kappa shape index (κ1) is 19.6. The van der Waals surface area contributed by atoms with Crippen molar-refractivity contribution in [3.8, 4) is 29.0 Å². The number of aromatic hydroxyl groups is 1. The van der Waals surface area contributed by atoms with E-state index in [2.05, 4.69) is 54.2 Å². The summed E-state index contributed by atoms with van der Waals surface area (Å²) in [6.07, 6.45) is 0. The van der Waals surface area contributed by atoms with Crippen molar-refractivity contribution in [2.45, 2.75) is 19.8 Å². The van der Waals surface area contributed by atoms with Crippen molar-refractivity contribution in [1.29, 1.82) is 5.26 Å². The number of benzene rings is 2. The van der Waals surface area contributed by atoms with Crippen LogP contribution in [0.5, 0.6) is 11.6 Å². The number of nitriles is 1. The quantitative estimate of drug-likeness (QED) is 0.437. The van der Waals surface area contributed by atoms with Crippen molar-refractivity contribution in [3.05, 3.63) is 73.0 Å². The molecule has 29 heavy (non-hydrogen) atoms. The highest BCUT2D eigenvalue weighted by Crippen LogP contribution is 2.48. The van der Waals surface area contributed by atoms with Crippen LogP contribution in [0.25, 0.3) is 11.3 Å². The van der Waals surface area contributed by atoms with Crippen LogP contribution < -0.4 is 10.5 Å². The van der Waals surface area contributed by atoms with Crippen molar-refractivity contribution in [1.82, 2.24) is 10.2 Å². The highest BCUT2D eigenvalue weighted by molar-refractivity contribution is 9.11. The molecule has 1 aliphatic heterocycles. The van der Waals surface area contributed by atoms with Crippen molar-refractivity contribution in [2.24, 2.45) is 5.73 Å². The van der Waals surface area contributed by atoms with Crippen LogP contribution in [0, 0.1) is 25.2 Å². The lowest BCUT2D eigenvalue weighted by Gasteiger charge is -2.25. The second kappa shape index (κ2) is 7.25. The lowest BCUT2D eigenvalue weighted by Crippen LogP contribution is -2.21. The zero-order valence-corrected chi connectivity index (χ0v) is 18.7. The van der Waals surface area contributed by atoms with E-state index < -0.39 is 5.92 Å². The average molecular weight is 516 g/mol. The standard InChI is InChI=1S/C21H16Br2N4O2/c1-9-3-4-12(10(2)5-9)18-17-16(11-6-14(22)19(28)15(23)7-11)13(8-24)20(25)29-21(17)27-26-18/h3-7,16,28H,25H2,1-2H3,(H,26,27). The van der Waals surface area contributed by atoms with E-state index in [0.29, 0.717) is 14.8 Å². The number of halogens is 2. The summed E-state index contributed by atoms with van der Waals surface area (Å²) in [5.41, 5.74) is 11.8. The second-order valence-corrected chi connectivity index (χ2v) is 8.60. The van der Waals surface area contributed by atoms with Crippen LogP contribution >= 0.6 is 31.9 Å². The normalized spacial score (nSPS) is 15.6. The molecular formula is C21H16Br2N4O2. The Bertz CT molecular complexity index is 1200. The maximum atomic E-state index is 10.1. The molecule has 3 aromatic rings. The molecule has 6 nitrogen and oxygen atoms in total. The molecule has 0 amide bonds. The third-order valence-electron chi connectivity index (χ3n) is 4.96. The summed E-state index contributed by atoms with van der Waals surface area (Å²) in [5, 5.41) is 27.3. The molecular weight excluding hydrogens is 500 g/mol. The summed E-state index contributed by atoms with van der Waals surface area (Å²) in [4.78, 5) is 0. The Morgan fingerprint density at radius 1 is 1.21 bits per heavy atom. The van der Waals surface area contributed by atoms with Crippen LogP contribution in [0.1, 0.15) is 28.2 Å². The van der Waals surface area contributed by atoms with Crippen LogP contribution in [0.2, 0.25) is 0 Å². The first-order valence-electron chi connectivity index (χ1n) is 8.73. The third-order valence-corrected chi connectivity index (χ3v) is 6.17. The van der Waals surface area contributed by atoms with Crippen LogP contribution in [-0.4, -0.2) is 15.3 Å². The molecule has 0 fully saturated rings. The van der Waals surface area contributed by atoms with Gasteiger partial charge in [-0.15, -0.1) is 5.10 Å². The number of aromatic nitrogens is 2. The molecule has 1 aromatic heterocycles. The van der Waals surface area contributed by atoms with Gasteiger partial charge >= 0.3 is 0 Å². The lowest BCUT2D eigenvalue weighted by molar-refractivity contribution is 0.379. The molecule has 0 saturated carbocycles. The molecule has 1 atom stereocenters. The minimum absolute atomic E-state index is 0.0176. The van der Waals surface area contributed by atoms with E-state index in [9.17, 15) is 10.4 Å². The van der Waals surface area contributed by atoms with Gasteiger partial charge in [-0.2, -0.15) is 5.26 Å². The Labute approximate surface area is 184 Å². The molecule has 8 heteroatoms. The summed E-state index contributed by atoms with van der Waals surface area (Å²) in [6.45, 7) is 4.06. The maximum Gasteiger partial charge on any atom is 0.244 e. The van der Waals surface area contributed by atoms with E-state index in [1.165, 1.54) is 0 Å². The smallest absolute Gasteiger partial charge is 0.244 e. The van der Waals surface area contributed by atoms with Gasteiger partial charge in [0.1, 0.15) is 17.4 Å². The summed E-state index contributed by atoms with van der Waals surface area (Å²) in [7, 11) is 0. The SMILES string of the molecule is Cc1ccc(-c2[nH]nc3c2C(c2cc(Br)c(O)c(Br)c2)C(C#N)=C(N)O3)c(C)c1. The monoisotopic (exact) mass is 514 g/mol. The first-order valence-corrected chi connectivity index (χ1v) is 10.3. The fraction of sp³-hybridized carbons (Fsp3) is 0.143. The van der Waals surface area contributed by atoms with Gasteiger partial charge in [-0.3, -0.25) is 5.10 Å². The Kier molecular flexibility index (Phi) is 4.89. The number of hydrogen-bond donors (Lipinski definition) is 3. The summed E-state index contributed by atoms with van der Waals surface area (Å²) < 4.78 is 6.66. The van der Waals surface area contributed by atoms with Gasteiger partial charge in [0.05, 0.1) is 26.1 Å². The number of phenolic OH excluding ortho intramolecular Hbond substituents is 1. The van der Waals surface area contributed by atoms with Crippen LogP contribution in [0.15, 0.2) is 50.7 Å². The van der Waals surface area contributed by atoms with Crippen molar-refractivity contribution < 1.29 is 9.84 Å². The number of rotatable bonds is 2. The highest BCUT2D eigenvalue weighted by atomic mass is 79.9. The van der Waals surface area contributed by atoms with E-state index in [4.69, 9.17) is 10.5 Å². The number of aromatic amines is 1. The van der Waals surface area contributed by atoms with Crippen molar-refractivity contribution >= 4 is 31.9 Å². The predicted octanol–water partition coefficient (Wildman–Crippen LogP) is 5.14. The molecule has 0 radical (unpaired) electrons. The average Bonchev–Trinajstić information content (AvgIpc) is 3.07. The molecule has 1 unspecified atom stereocenters. The summed E-state index contributed by atoms with van der Waals surface area (Å²) in [5.74, 6) is -0.0736. The Morgan fingerprint density at radius 2 is 1.90 bits per heavy atom. The minimum Gasteiger partial charge on any atom is -0.506 e. The number of nitrogens with zero attached hydrogens (tertiary/aromatic N) is 2. The Morgan fingerprint density at radius 3 is 2.52 bits per heavy atom. The second-order valence-electron chi connectivity index (χ2n) is 6.89. The maximum absolute atomic E-state index is 10.1. The van der Waals surface area contributed by atoms with E-state index in [1.54, 1.807) is 12.1 Å². The highest BCUT2D eigenvalue weighted by Gasteiger charge is 2.36. The largest absolute Gasteiger partial charge is 0.506 e.